The van der Waals surface area contributed by atoms with Gasteiger partial charge in [-0.3, -0.25) is 0 Å². The third kappa shape index (κ3) is 5.84. The molecule has 5 heteroatoms. The average molecular weight is 263 g/mol. The molecule has 1 aliphatic rings. The fourth-order valence-corrected chi connectivity index (χ4v) is 3.02. The maximum absolute atomic E-state index is 11.3. The number of hydrogen-bond donors (Lipinski definition) is 1. The summed E-state index contributed by atoms with van der Waals surface area (Å²) in [7, 11) is -2.80. The van der Waals surface area contributed by atoms with Gasteiger partial charge in [-0.2, -0.15) is 0 Å². The van der Waals surface area contributed by atoms with Crippen LogP contribution < -0.4 is 5.32 Å². The van der Waals surface area contributed by atoms with Crippen LogP contribution in [-0.4, -0.2) is 45.7 Å². The standard InChI is InChI=1S/C12H25NO3S/c1-3-17(14,15)10-4-7-13-11(2)12-5-8-16-9-6-12/h11-13H,3-10H2,1-2H3. The molecule has 1 fully saturated rings. The zero-order valence-corrected chi connectivity index (χ0v) is 11.8. The lowest BCUT2D eigenvalue weighted by Gasteiger charge is -2.28. The minimum Gasteiger partial charge on any atom is -0.381 e. The van der Waals surface area contributed by atoms with Crippen LogP contribution in [0.5, 0.6) is 0 Å². The van der Waals surface area contributed by atoms with E-state index in [4.69, 9.17) is 4.74 Å². The zero-order valence-electron chi connectivity index (χ0n) is 10.9. The highest BCUT2D eigenvalue weighted by Crippen LogP contribution is 2.18. The van der Waals surface area contributed by atoms with E-state index in [-0.39, 0.29) is 5.75 Å². The van der Waals surface area contributed by atoms with Gasteiger partial charge in [-0.05, 0) is 38.6 Å². The van der Waals surface area contributed by atoms with E-state index in [2.05, 4.69) is 12.2 Å². The first-order valence-corrected chi connectivity index (χ1v) is 8.39. The molecule has 0 aromatic carbocycles. The first-order chi connectivity index (χ1) is 8.05. The largest absolute Gasteiger partial charge is 0.381 e. The monoisotopic (exact) mass is 263 g/mol. The number of ether oxygens (including phenoxy) is 1. The Bertz CT molecular complexity index is 297. The molecule has 4 nitrogen and oxygen atoms in total. The Morgan fingerprint density at radius 1 is 1.35 bits per heavy atom. The molecule has 1 saturated heterocycles. The average Bonchev–Trinajstić information content (AvgIpc) is 2.35. The molecular formula is C12H25NO3S. The first kappa shape index (κ1) is 14.9. The summed E-state index contributed by atoms with van der Waals surface area (Å²) in [6.07, 6.45) is 2.94. The van der Waals surface area contributed by atoms with Crippen LogP contribution in [0.4, 0.5) is 0 Å². The molecule has 0 aliphatic carbocycles. The van der Waals surface area contributed by atoms with Crippen molar-refractivity contribution in [3.05, 3.63) is 0 Å². The van der Waals surface area contributed by atoms with Gasteiger partial charge >= 0.3 is 0 Å². The fourth-order valence-electron chi connectivity index (χ4n) is 2.15. The highest BCUT2D eigenvalue weighted by molar-refractivity contribution is 7.91. The number of hydrogen-bond acceptors (Lipinski definition) is 4. The predicted octanol–water partition coefficient (Wildman–Crippen LogP) is 1.22. The van der Waals surface area contributed by atoms with Gasteiger partial charge in [0.2, 0.25) is 0 Å². The van der Waals surface area contributed by atoms with Gasteiger partial charge in [-0.15, -0.1) is 0 Å². The lowest BCUT2D eigenvalue weighted by atomic mass is 9.93. The van der Waals surface area contributed by atoms with Crippen LogP contribution in [0.3, 0.4) is 0 Å². The minimum atomic E-state index is -2.80. The maximum Gasteiger partial charge on any atom is 0.150 e. The van der Waals surface area contributed by atoms with E-state index in [9.17, 15) is 8.42 Å². The van der Waals surface area contributed by atoms with Crippen molar-refractivity contribution < 1.29 is 13.2 Å². The zero-order chi connectivity index (χ0) is 12.7. The molecule has 1 unspecified atom stereocenters. The normalized spacial score (nSPS) is 20.4. The van der Waals surface area contributed by atoms with Crippen molar-refractivity contribution in [2.75, 3.05) is 31.3 Å². The Labute approximate surface area is 105 Å². The quantitative estimate of drug-likeness (QED) is 0.702. The van der Waals surface area contributed by atoms with Crippen molar-refractivity contribution in [2.45, 2.75) is 39.2 Å². The number of sulfone groups is 1. The predicted molar refractivity (Wildman–Crippen MR) is 70.0 cm³/mol. The number of rotatable bonds is 7. The van der Waals surface area contributed by atoms with Crippen LogP contribution in [0.1, 0.15) is 33.1 Å². The summed E-state index contributed by atoms with van der Waals surface area (Å²) < 4.78 is 27.9. The van der Waals surface area contributed by atoms with E-state index in [0.717, 1.165) is 32.6 Å². The third-order valence-electron chi connectivity index (χ3n) is 3.51. The van der Waals surface area contributed by atoms with E-state index in [1.807, 2.05) is 0 Å². The lowest BCUT2D eigenvalue weighted by Crippen LogP contribution is -2.37. The topological polar surface area (TPSA) is 55.4 Å². The third-order valence-corrected chi connectivity index (χ3v) is 5.30. The Kier molecular flexibility index (Phi) is 6.44. The molecule has 0 bridgehead atoms. The van der Waals surface area contributed by atoms with E-state index in [1.165, 1.54) is 0 Å². The lowest BCUT2D eigenvalue weighted by molar-refractivity contribution is 0.0560. The van der Waals surface area contributed by atoms with E-state index < -0.39 is 9.84 Å². The van der Waals surface area contributed by atoms with Crippen LogP contribution in [0.15, 0.2) is 0 Å². The molecule has 1 rings (SSSR count). The van der Waals surface area contributed by atoms with Gasteiger partial charge in [0.1, 0.15) is 9.84 Å². The van der Waals surface area contributed by atoms with E-state index in [0.29, 0.717) is 24.1 Å². The van der Waals surface area contributed by atoms with E-state index in [1.54, 1.807) is 6.92 Å². The van der Waals surface area contributed by atoms with Crippen LogP contribution in [0, 0.1) is 5.92 Å². The highest BCUT2D eigenvalue weighted by Gasteiger charge is 2.19. The van der Waals surface area contributed by atoms with Crippen LogP contribution >= 0.6 is 0 Å². The second-order valence-corrected chi connectivity index (χ2v) is 7.26. The Balaban J connectivity index is 2.13. The minimum absolute atomic E-state index is 0.252. The summed E-state index contributed by atoms with van der Waals surface area (Å²) in [5, 5.41) is 3.43. The molecule has 0 saturated carbocycles. The molecule has 0 amide bonds. The molecule has 0 spiro atoms. The molecule has 0 aromatic heterocycles. The summed E-state index contributed by atoms with van der Waals surface area (Å²) >= 11 is 0. The van der Waals surface area contributed by atoms with Gasteiger partial charge in [-0.1, -0.05) is 6.92 Å². The van der Waals surface area contributed by atoms with Crippen LogP contribution in [0.2, 0.25) is 0 Å². The van der Waals surface area contributed by atoms with Gasteiger partial charge in [-0.25, -0.2) is 8.42 Å². The van der Waals surface area contributed by atoms with Crippen molar-refractivity contribution in [1.82, 2.24) is 5.32 Å². The molecular weight excluding hydrogens is 238 g/mol. The summed E-state index contributed by atoms with van der Waals surface area (Å²) in [5.74, 6) is 1.23. The Morgan fingerprint density at radius 2 is 2.00 bits per heavy atom. The maximum atomic E-state index is 11.3. The molecule has 0 aromatic rings. The van der Waals surface area contributed by atoms with Gasteiger partial charge in [0.05, 0.1) is 5.75 Å². The van der Waals surface area contributed by atoms with Crippen molar-refractivity contribution in [3.8, 4) is 0 Å². The van der Waals surface area contributed by atoms with Crippen molar-refractivity contribution in [1.29, 1.82) is 0 Å². The summed E-state index contributed by atoms with van der Waals surface area (Å²) in [6, 6.07) is 0.461. The molecule has 1 heterocycles. The molecule has 1 N–H and O–H groups in total. The van der Waals surface area contributed by atoms with Gasteiger partial charge in [0.15, 0.2) is 0 Å². The van der Waals surface area contributed by atoms with Crippen molar-refractivity contribution >= 4 is 9.84 Å². The molecule has 1 aliphatic heterocycles. The molecule has 17 heavy (non-hydrogen) atoms. The van der Waals surface area contributed by atoms with Crippen LogP contribution in [0.25, 0.3) is 0 Å². The Hall–Kier alpha value is -0.130. The second-order valence-electron chi connectivity index (χ2n) is 4.78. The summed E-state index contributed by atoms with van der Waals surface area (Å²) in [4.78, 5) is 0. The molecule has 102 valence electrons. The highest BCUT2D eigenvalue weighted by atomic mass is 32.2. The molecule has 1 atom stereocenters. The smallest absolute Gasteiger partial charge is 0.150 e. The second kappa shape index (κ2) is 7.34. The first-order valence-electron chi connectivity index (χ1n) is 6.56. The molecule has 0 radical (unpaired) electrons. The van der Waals surface area contributed by atoms with Gasteiger partial charge in [0.25, 0.3) is 0 Å². The van der Waals surface area contributed by atoms with Gasteiger partial charge in [0, 0.05) is 25.0 Å². The summed E-state index contributed by atoms with van der Waals surface area (Å²) in [6.45, 7) is 6.40. The summed E-state index contributed by atoms with van der Waals surface area (Å²) in [5.41, 5.74) is 0. The van der Waals surface area contributed by atoms with Crippen molar-refractivity contribution in [2.24, 2.45) is 5.92 Å². The van der Waals surface area contributed by atoms with E-state index >= 15 is 0 Å². The fraction of sp³-hybridized carbons (Fsp3) is 1.00. The van der Waals surface area contributed by atoms with Crippen molar-refractivity contribution in [3.63, 3.8) is 0 Å². The van der Waals surface area contributed by atoms with Crippen LogP contribution in [-0.2, 0) is 14.6 Å². The number of nitrogens with one attached hydrogen (secondary N) is 1. The SMILES string of the molecule is CCS(=O)(=O)CCCNC(C)C1CCOCC1. The van der Waals surface area contributed by atoms with Gasteiger partial charge < -0.3 is 10.1 Å². The Morgan fingerprint density at radius 3 is 2.59 bits per heavy atom.